The Hall–Kier alpha value is -4.87. The minimum Gasteiger partial charge on any atom is -0.457 e. The Morgan fingerprint density at radius 3 is 1.09 bits per heavy atom. The van der Waals surface area contributed by atoms with Crippen molar-refractivity contribution in [2.45, 2.75) is 6.42 Å². The van der Waals surface area contributed by atoms with Crippen LogP contribution < -0.4 is 126 Å². The number of terminal acetylenes is 1. The normalized spacial score (nSPS) is 13.8. The van der Waals surface area contributed by atoms with Crippen LogP contribution in [0.15, 0.2) is 26.4 Å². The monoisotopic (exact) mass is 904 g/mol. The second kappa shape index (κ2) is 18.9. The summed E-state index contributed by atoms with van der Waals surface area (Å²) in [5.41, 5.74) is -3.40. The number of benzene rings is 8. The molecule has 1 heterocycles. The molecule has 0 amide bonds. The first-order chi connectivity index (χ1) is 36.0. The van der Waals surface area contributed by atoms with Crippen LogP contribution in [-0.4, -0.2) is 212 Å². The summed E-state index contributed by atoms with van der Waals surface area (Å²) in [5.74, 6) is 2.31. The zero-order valence-electron chi connectivity index (χ0n) is 40.8. The van der Waals surface area contributed by atoms with Crippen molar-refractivity contribution in [1.29, 1.82) is 0 Å². The summed E-state index contributed by atoms with van der Waals surface area (Å²) in [4.78, 5) is 0. The van der Waals surface area contributed by atoms with Gasteiger partial charge in [0.15, 0.2) is 0 Å². The van der Waals surface area contributed by atoms with Crippen LogP contribution in [0.4, 0.5) is 0 Å². The maximum Gasteiger partial charge on any atom is 0.128 e. The molecule has 10 rings (SSSR count). The van der Waals surface area contributed by atoms with Crippen LogP contribution in [0.5, 0.6) is 0 Å². The molecule has 0 saturated heterocycles. The van der Waals surface area contributed by atoms with Gasteiger partial charge in [0.1, 0.15) is 223 Å². The molecule has 1 nitrogen and oxygen atoms in total. The summed E-state index contributed by atoms with van der Waals surface area (Å²) in [7, 11) is 185. The van der Waals surface area contributed by atoms with E-state index in [2.05, 4.69) is 5.92 Å². The maximum atomic E-state index is 7.52. The highest BCUT2D eigenvalue weighted by molar-refractivity contribution is 6.76. The molecule has 0 N–H and O–H groups in total. The number of rotatable bonds is 3. The molecule has 0 spiro atoms. The number of furan rings is 1. The highest BCUT2D eigenvalue weighted by Gasteiger charge is 2.34. The van der Waals surface area contributed by atoms with E-state index in [1.165, 1.54) is 0 Å². The molecule has 0 saturated carbocycles. The van der Waals surface area contributed by atoms with Gasteiger partial charge in [0.25, 0.3) is 0 Å². The van der Waals surface area contributed by atoms with E-state index in [0.29, 0.717) is 5.56 Å². The molecule has 0 fully saturated rings. The minimum absolute atomic E-state index is 0.00101. The average Bonchev–Trinajstić information content (AvgIpc) is 4.08. The van der Waals surface area contributed by atoms with Crippen molar-refractivity contribution in [2.24, 2.45) is 0 Å². The molecule has 0 atom stereocenters. The number of allylic oxidation sites excluding steroid dienone is 5. The van der Waals surface area contributed by atoms with Crippen molar-refractivity contribution in [3.8, 4) is 23.5 Å². The number of fused-ring (bicyclic) bond motifs is 9. The van der Waals surface area contributed by atoms with E-state index >= 15 is 0 Å². The molecule has 54 radical (unpaired) electrons. The van der Waals surface area contributed by atoms with Gasteiger partial charge in [-0.25, -0.2) is 0 Å². The summed E-state index contributed by atoms with van der Waals surface area (Å²) in [6.45, 7) is 0. The standard InChI is InChI=1S/C49H3B27O/c1-2-6(50)23(52)22(51)5-3-4-7-16(34(63)44(73)39(68)27(7)56)33(62)28(57)9(4)24(53)8(5)10-12-14(31(60)42(71)40(69)29(12)58)11(15-13(10)30(59)41(70)43(72)32(15)61)17-25(54)21-20-26(55)18-19(36(65)46(75)45(74)35(18)64)38(67)48(20)77-49(21)47(76)37(17)66/h1H,3H2/b22-5-,23-6-. The first-order valence-electron chi connectivity index (χ1n) is 22.7. The molecular weight excluding hydrogens is 896 g/mol. The van der Waals surface area contributed by atoms with Crippen molar-refractivity contribution < 1.29 is 4.42 Å². The lowest BCUT2D eigenvalue weighted by Crippen LogP contribution is -2.51. The van der Waals surface area contributed by atoms with Gasteiger partial charge in [-0.3, -0.25) is 0 Å². The first kappa shape index (κ1) is 55.4. The van der Waals surface area contributed by atoms with E-state index in [0.717, 1.165) is 0 Å². The van der Waals surface area contributed by atoms with E-state index < -0.39 is 0 Å². The van der Waals surface area contributed by atoms with Crippen molar-refractivity contribution in [3.05, 3.63) is 38.7 Å². The molecule has 286 valence electrons. The van der Waals surface area contributed by atoms with Gasteiger partial charge in [0, 0.05) is 10.8 Å². The van der Waals surface area contributed by atoms with Gasteiger partial charge >= 0.3 is 0 Å². The zero-order chi connectivity index (χ0) is 56.7. The second-order valence-corrected chi connectivity index (χ2v) is 18.8. The maximum absolute atomic E-state index is 7.52. The summed E-state index contributed by atoms with van der Waals surface area (Å²) >= 11 is 0. The van der Waals surface area contributed by atoms with Crippen LogP contribution in [0.25, 0.3) is 87.2 Å². The van der Waals surface area contributed by atoms with E-state index in [1.54, 1.807) is 0 Å². The van der Waals surface area contributed by atoms with E-state index in [4.69, 9.17) is 223 Å². The van der Waals surface area contributed by atoms with E-state index in [9.17, 15) is 0 Å². The minimum atomic E-state index is -0.271. The van der Waals surface area contributed by atoms with Crippen molar-refractivity contribution in [1.82, 2.24) is 0 Å². The Kier molecular flexibility index (Phi) is 13.6. The predicted octanol–water partition coefficient (Wildman–Crippen LogP) is -16.7. The van der Waals surface area contributed by atoms with Gasteiger partial charge in [0.05, 0.1) is 0 Å². The highest BCUT2D eigenvalue weighted by Crippen LogP contribution is 2.47. The molecule has 8 aromatic carbocycles. The summed E-state index contributed by atoms with van der Waals surface area (Å²) in [6, 6.07) is 0. The summed E-state index contributed by atoms with van der Waals surface area (Å²) < 4.78 is 6.40. The fourth-order valence-corrected chi connectivity index (χ4v) is 11.1. The third-order valence-corrected chi connectivity index (χ3v) is 15.1. The third-order valence-electron chi connectivity index (χ3n) is 15.1. The Morgan fingerprint density at radius 2 is 0.649 bits per heavy atom. The molecule has 0 unspecified atom stereocenters. The lowest BCUT2D eigenvalue weighted by atomic mass is 9.55. The molecule has 1 aliphatic carbocycles. The van der Waals surface area contributed by atoms with Crippen LogP contribution in [0.3, 0.4) is 0 Å². The third kappa shape index (κ3) is 7.21. The topological polar surface area (TPSA) is 13.1 Å². The van der Waals surface area contributed by atoms with Crippen LogP contribution in [-0.2, 0) is 6.42 Å². The van der Waals surface area contributed by atoms with Gasteiger partial charge in [-0.05, 0) is 93.9 Å². The predicted molar refractivity (Wildman–Crippen MR) is 356 cm³/mol. The molecule has 9 aromatic rings. The first-order valence-corrected chi connectivity index (χ1v) is 22.7. The van der Waals surface area contributed by atoms with Gasteiger partial charge in [-0.1, -0.05) is 98.8 Å². The number of hydrogen-bond acceptors (Lipinski definition) is 1. The lowest BCUT2D eigenvalue weighted by molar-refractivity contribution is 0.675. The smallest absolute Gasteiger partial charge is 0.128 e. The zero-order valence-corrected chi connectivity index (χ0v) is 40.8. The number of hydrogen-bond donors (Lipinski definition) is 0. The van der Waals surface area contributed by atoms with Gasteiger partial charge in [0.2, 0.25) is 0 Å². The van der Waals surface area contributed by atoms with Gasteiger partial charge in [-0.15, -0.1) is 55.6 Å². The largest absolute Gasteiger partial charge is 0.457 e. The second-order valence-electron chi connectivity index (χ2n) is 18.8. The van der Waals surface area contributed by atoms with Crippen LogP contribution >= 0.6 is 0 Å². The van der Waals surface area contributed by atoms with Crippen molar-refractivity contribution in [3.63, 3.8) is 0 Å². The Balaban J connectivity index is 1.52. The van der Waals surface area contributed by atoms with Gasteiger partial charge < -0.3 is 4.42 Å². The lowest BCUT2D eigenvalue weighted by Gasteiger charge is -2.36. The quantitative estimate of drug-likeness (QED) is 0.0978. The van der Waals surface area contributed by atoms with Crippen LogP contribution in [0, 0.1) is 12.3 Å². The molecule has 28 heteroatoms. The van der Waals surface area contributed by atoms with Crippen LogP contribution in [0.1, 0.15) is 16.7 Å². The van der Waals surface area contributed by atoms with Crippen molar-refractivity contribution >= 4 is 414 Å². The summed E-state index contributed by atoms with van der Waals surface area (Å²) in [6.07, 6.45) is 5.52. The van der Waals surface area contributed by atoms with Crippen LogP contribution in [0.2, 0.25) is 0 Å². The van der Waals surface area contributed by atoms with E-state index in [-0.39, 0.29) is 252 Å². The highest BCUT2D eigenvalue weighted by atomic mass is 16.3. The average molecular weight is 899 g/mol. The Morgan fingerprint density at radius 1 is 0.312 bits per heavy atom. The summed E-state index contributed by atoms with van der Waals surface area (Å²) in [5, 5.41) is 0.742. The molecule has 1 aliphatic rings. The fourth-order valence-electron chi connectivity index (χ4n) is 11.1. The molecular formula is C49H3B27O. The fraction of sp³-hybridized carbons (Fsp3) is 0.0204. The molecule has 0 bridgehead atoms. The van der Waals surface area contributed by atoms with Gasteiger partial charge in [-0.2, -0.15) is 0 Å². The SMILES string of the molecule is [B]C1=C(c2c3c([B])c([B])c([B])c([B])c3c(-c3c([B])c([B])c4oc5c([B])c6c([B])c([B])c([B])c([B])c6c([B])c5c4c3[B])c3c([B])c([B])c([B])c([B])c23)/C(=C([B])/C([B])=C(/[B])C#C)Cc2c1c([B])c([B])c1c([B])c([B])c([B])c([B])c21. The van der Waals surface area contributed by atoms with Crippen molar-refractivity contribution in [2.75, 3.05) is 0 Å². The Bertz CT molecular complexity index is 4470. The molecule has 1 aromatic heterocycles. The Labute approximate surface area is 483 Å². The van der Waals surface area contributed by atoms with E-state index in [1.807, 2.05) is 0 Å². The molecule has 0 aliphatic heterocycles. The molecule has 77 heavy (non-hydrogen) atoms.